The van der Waals surface area contributed by atoms with Gasteiger partial charge in [0.05, 0.1) is 19.8 Å². The predicted octanol–water partition coefficient (Wildman–Crippen LogP) is 1.36. The lowest BCUT2D eigenvalue weighted by molar-refractivity contribution is 0.0992. The fraction of sp³-hybridized carbons (Fsp3) is 0.308. The van der Waals surface area contributed by atoms with Crippen LogP contribution < -0.4 is 5.32 Å². The lowest BCUT2D eigenvalue weighted by atomic mass is 10.1. The summed E-state index contributed by atoms with van der Waals surface area (Å²) in [4.78, 5) is 4.24. The molecule has 96 valence electrons. The molecule has 0 saturated carbocycles. The number of fused-ring (bicyclic) bond motifs is 1. The average Bonchev–Trinajstić information content (AvgIpc) is 2.39. The van der Waals surface area contributed by atoms with Gasteiger partial charge >= 0.3 is 0 Å². The zero-order valence-corrected chi connectivity index (χ0v) is 9.97. The Morgan fingerprint density at radius 1 is 1.22 bits per heavy atom. The summed E-state index contributed by atoms with van der Waals surface area (Å²) in [6, 6.07) is 7.07. The molecular formula is C13H16N2O3. The van der Waals surface area contributed by atoms with Gasteiger partial charge in [-0.25, -0.2) is 4.98 Å². The third-order valence-corrected chi connectivity index (χ3v) is 2.52. The lowest BCUT2D eigenvalue weighted by Crippen LogP contribution is -2.12. The molecule has 5 nitrogen and oxygen atoms in total. The first-order chi connectivity index (χ1) is 8.81. The van der Waals surface area contributed by atoms with E-state index in [-0.39, 0.29) is 12.4 Å². The van der Waals surface area contributed by atoms with Gasteiger partial charge in [0.1, 0.15) is 11.6 Å². The molecular weight excluding hydrogens is 232 g/mol. The van der Waals surface area contributed by atoms with Crippen LogP contribution in [0.25, 0.3) is 10.8 Å². The van der Waals surface area contributed by atoms with Crippen LogP contribution in [0.4, 0.5) is 5.82 Å². The molecule has 0 saturated heterocycles. The summed E-state index contributed by atoms with van der Waals surface area (Å²) in [5, 5.41) is 23.1. The maximum atomic E-state index is 9.49. The number of pyridine rings is 1. The van der Waals surface area contributed by atoms with E-state index in [0.29, 0.717) is 19.8 Å². The molecule has 0 fully saturated rings. The first kappa shape index (κ1) is 12.6. The molecule has 3 N–H and O–H groups in total. The largest absolute Gasteiger partial charge is 0.508 e. The Bertz CT molecular complexity index is 517. The number of aliphatic hydroxyl groups is 1. The van der Waals surface area contributed by atoms with Crippen molar-refractivity contribution in [3.8, 4) is 5.75 Å². The summed E-state index contributed by atoms with van der Waals surface area (Å²) >= 11 is 0. The number of aliphatic hydroxyl groups excluding tert-OH is 1. The monoisotopic (exact) mass is 248 g/mol. The second-order valence-electron chi connectivity index (χ2n) is 3.83. The molecule has 0 amide bonds. The van der Waals surface area contributed by atoms with Crippen LogP contribution in [0.15, 0.2) is 30.5 Å². The smallest absolute Gasteiger partial charge is 0.134 e. The third-order valence-electron chi connectivity index (χ3n) is 2.52. The molecule has 0 aliphatic heterocycles. The van der Waals surface area contributed by atoms with Crippen LogP contribution in [-0.4, -0.2) is 41.6 Å². The SMILES string of the molecule is OCCOCCNc1nccc2ccc(O)cc12. The van der Waals surface area contributed by atoms with E-state index in [1.165, 1.54) is 0 Å². The minimum Gasteiger partial charge on any atom is -0.508 e. The average molecular weight is 248 g/mol. The highest BCUT2D eigenvalue weighted by Crippen LogP contribution is 2.24. The first-order valence-corrected chi connectivity index (χ1v) is 5.81. The van der Waals surface area contributed by atoms with Crippen molar-refractivity contribution in [1.29, 1.82) is 0 Å². The van der Waals surface area contributed by atoms with Crippen LogP contribution in [-0.2, 0) is 4.74 Å². The van der Waals surface area contributed by atoms with Crippen LogP contribution >= 0.6 is 0 Å². The standard InChI is InChI=1S/C13H16N2O3/c16-6-8-18-7-5-15-13-12-9-11(17)2-1-10(12)3-4-14-13/h1-4,9,16-17H,5-8H2,(H,14,15). The van der Waals surface area contributed by atoms with Crippen molar-refractivity contribution in [2.24, 2.45) is 0 Å². The quantitative estimate of drug-likeness (QED) is 0.673. The van der Waals surface area contributed by atoms with E-state index in [1.807, 2.05) is 12.1 Å². The molecule has 0 unspecified atom stereocenters. The van der Waals surface area contributed by atoms with Crippen LogP contribution in [0.1, 0.15) is 0 Å². The van der Waals surface area contributed by atoms with Gasteiger partial charge in [0.15, 0.2) is 0 Å². The molecule has 1 heterocycles. The van der Waals surface area contributed by atoms with Crippen molar-refractivity contribution in [3.05, 3.63) is 30.5 Å². The van der Waals surface area contributed by atoms with E-state index in [1.54, 1.807) is 18.3 Å². The summed E-state index contributed by atoms with van der Waals surface area (Å²) in [5.74, 6) is 0.936. The van der Waals surface area contributed by atoms with E-state index in [4.69, 9.17) is 9.84 Å². The summed E-state index contributed by atoms with van der Waals surface area (Å²) < 4.78 is 5.15. The number of ether oxygens (including phenoxy) is 1. The normalized spacial score (nSPS) is 10.7. The molecule has 0 aliphatic carbocycles. The van der Waals surface area contributed by atoms with E-state index in [2.05, 4.69) is 10.3 Å². The molecule has 1 aromatic carbocycles. The van der Waals surface area contributed by atoms with Crippen molar-refractivity contribution < 1.29 is 14.9 Å². The maximum Gasteiger partial charge on any atom is 0.134 e. The molecule has 0 bridgehead atoms. The molecule has 0 spiro atoms. The number of benzene rings is 1. The number of phenols is 1. The van der Waals surface area contributed by atoms with Crippen molar-refractivity contribution in [2.45, 2.75) is 0 Å². The van der Waals surface area contributed by atoms with Gasteiger partial charge in [0, 0.05) is 18.1 Å². The Balaban J connectivity index is 2.05. The van der Waals surface area contributed by atoms with E-state index < -0.39 is 0 Å². The molecule has 2 rings (SSSR count). The highest BCUT2D eigenvalue weighted by molar-refractivity contribution is 5.92. The number of nitrogens with one attached hydrogen (secondary N) is 1. The van der Waals surface area contributed by atoms with Gasteiger partial charge in [-0.2, -0.15) is 0 Å². The number of phenolic OH excluding ortho intramolecular Hbond substituents is 1. The third kappa shape index (κ3) is 3.09. The first-order valence-electron chi connectivity index (χ1n) is 5.81. The van der Waals surface area contributed by atoms with Gasteiger partial charge in [0.2, 0.25) is 0 Å². The zero-order valence-electron chi connectivity index (χ0n) is 9.97. The summed E-state index contributed by atoms with van der Waals surface area (Å²) in [6.07, 6.45) is 1.72. The Hall–Kier alpha value is -1.85. The van der Waals surface area contributed by atoms with Gasteiger partial charge in [-0.3, -0.25) is 0 Å². The number of rotatable bonds is 6. The fourth-order valence-corrected chi connectivity index (χ4v) is 1.71. The molecule has 0 aliphatic rings. The number of hydrogen-bond acceptors (Lipinski definition) is 5. The fourth-order valence-electron chi connectivity index (χ4n) is 1.71. The Morgan fingerprint density at radius 2 is 2.11 bits per heavy atom. The highest BCUT2D eigenvalue weighted by atomic mass is 16.5. The van der Waals surface area contributed by atoms with Crippen LogP contribution in [0.5, 0.6) is 5.75 Å². The molecule has 18 heavy (non-hydrogen) atoms. The minimum atomic E-state index is 0.0282. The van der Waals surface area contributed by atoms with Gasteiger partial charge in [-0.15, -0.1) is 0 Å². The number of hydrogen-bond donors (Lipinski definition) is 3. The van der Waals surface area contributed by atoms with Gasteiger partial charge in [-0.05, 0) is 23.6 Å². The van der Waals surface area contributed by atoms with Crippen molar-refractivity contribution in [1.82, 2.24) is 4.98 Å². The summed E-state index contributed by atoms with van der Waals surface area (Å²) in [7, 11) is 0. The summed E-state index contributed by atoms with van der Waals surface area (Å²) in [6.45, 7) is 1.46. The lowest BCUT2D eigenvalue weighted by Gasteiger charge is -2.09. The number of anilines is 1. The van der Waals surface area contributed by atoms with E-state index >= 15 is 0 Å². The molecule has 0 atom stereocenters. The van der Waals surface area contributed by atoms with E-state index in [9.17, 15) is 5.11 Å². The van der Waals surface area contributed by atoms with Crippen molar-refractivity contribution in [3.63, 3.8) is 0 Å². The minimum absolute atomic E-state index is 0.0282. The van der Waals surface area contributed by atoms with Crippen LogP contribution in [0.3, 0.4) is 0 Å². The van der Waals surface area contributed by atoms with Crippen LogP contribution in [0, 0.1) is 0 Å². The zero-order chi connectivity index (χ0) is 12.8. The molecule has 5 heteroatoms. The van der Waals surface area contributed by atoms with Gasteiger partial charge < -0.3 is 20.3 Å². The number of nitrogens with zero attached hydrogens (tertiary/aromatic N) is 1. The maximum absolute atomic E-state index is 9.49. The molecule has 0 radical (unpaired) electrons. The molecule has 2 aromatic rings. The predicted molar refractivity (Wildman–Crippen MR) is 69.8 cm³/mol. The number of aromatic hydroxyl groups is 1. The van der Waals surface area contributed by atoms with Crippen LogP contribution in [0.2, 0.25) is 0 Å². The molecule has 1 aromatic heterocycles. The van der Waals surface area contributed by atoms with Gasteiger partial charge in [-0.1, -0.05) is 6.07 Å². The second kappa shape index (κ2) is 6.18. The van der Waals surface area contributed by atoms with E-state index in [0.717, 1.165) is 16.6 Å². The highest BCUT2D eigenvalue weighted by Gasteiger charge is 2.02. The topological polar surface area (TPSA) is 74.6 Å². The van der Waals surface area contributed by atoms with Gasteiger partial charge in [0.25, 0.3) is 0 Å². The van der Waals surface area contributed by atoms with Crippen molar-refractivity contribution in [2.75, 3.05) is 31.7 Å². The summed E-state index contributed by atoms with van der Waals surface area (Å²) in [5.41, 5.74) is 0. The Labute approximate surface area is 105 Å². The van der Waals surface area contributed by atoms with Crippen molar-refractivity contribution >= 4 is 16.6 Å². The Morgan fingerprint density at radius 3 is 2.94 bits per heavy atom. The Kier molecular flexibility index (Phi) is 4.33. The second-order valence-corrected chi connectivity index (χ2v) is 3.83. The number of aromatic nitrogens is 1.